The van der Waals surface area contributed by atoms with Crippen molar-refractivity contribution in [2.75, 3.05) is 6.54 Å². The van der Waals surface area contributed by atoms with Gasteiger partial charge in [0.15, 0.2) is 17.8 Å². The number of carbonyl (C=O) groups is 1. The molecule has 4 aromatic rings. The first-order valence-corrected chi connectivity index (χ1v) is 10.8. The maximum Gasteiger partial charge on any atom is 0.344 e. The number of para-hydroxylation sites is 3. The van der Waals surface area contributed by atoms with E-state index >= 15 is 0 Å². The number of rotatable bonds is 11. The lowest BCUT2D eigenvalue weighted by Crippen LogP contribution is -2.23. The molecule has 0 spiro atoms. The number of ether oxygens (including phenoxy) is 2. The third kappa shape index (κ3) is 6.11. The Morgan fingerprint density at radius 2 is 1.76 bits per heavy atom. The largest absolute Gasteiger partial charge is 0.481 e. The minimum absolute atomic E-state index is 0.349. The van der Waals surface area contributed by atoms with Crippen LogP contribution >= 0.6 is 0 Å². The molecule has 0 radical (unpaired) electrons. The predicted molar refractivity (Wildman–Crippen MR) is 124 cm³/mol. The lowest BCUT2D eigenvalue weighted by Gasteiger charge is -2.17. The van der Waals surface area contributed by atoms with Crippen molar-refractivity contribution in [1.82, 2.24) is 10.3 Å². The molecule has 170 valence electrons. The molecule has 0 fully saturated rings. The van der Waals surface area contributed by atoms with Gasteiger partial charge in [0, 0.05) is 13.0 Å². The number of oxazole rings is 1. The molecule has 0 saturated heterocycles. The Kier molecular flexibility index (Phi) is 7.22. The van der Waals surface area contributed by atoms with E-state index in [1.54, 1.807) is 6.07 Å². The quantitative estimate of drug-likeness (QED) is 0.314. The van der Waals surface area contributed by atoms with E-state index in [0.29, 0.717) is 31.2 Å². The lowest BCUT2D eigenvalue weighted by molar-refractivity contribution is -0.144. The highest BCUT2D eigenvalue weighted by atomic mass is 16.5. The number of nitrogens with one attached hydrogen (secondary N) is 1. The molecule has 0 bridgehead atoms. The number of hydrogen-bond donors (Lipinski definition) is 2. The second kappa shape index (κ2) is 10.7. The minimum Gasteiger partial charge on any atom is -0.481 e. The Morgan fingerprint density at radius 1 is 1.00 bits per heavy atom. The number of hydrogen-bond acceptors (Lipinski definition) is 6. The van der Waals surface area contributed by atoms with Gasteiger partial charge in [0.05, 0.1) is 0 Å². The molecule has 1 heterocycles. The molecule has 2 N–H and O–H groups in total. The van der Waals surface area contributed by atoms with E-state index in [9.17, 15) is 4.79 Å². The van der Waals surface area contributed by atoms with Gasteiger partial charge in [-0.1, -0.05) is 42.5 Å². The monoisotopic (exact) mass is 446 g/mol. The van der Waals surface area contributed by atoms with Crippen molar-refractivity contribution in [2.24, 2.45) is 0 Å². The number of benzene rings is 3. The van der Waals surface area contributed by atoms with Crippen molar-refractivity contribution >= 4 is 17.1 Å². The van der Waals surface area contributed by atoms with Gasteiger partial charge in [-0.2, -0.15) is 0 Å². The van der Waals surface area contributed by atoms with Gasteiger partial charge in [-0.15, -0.1) is 0 Å². The third-order valence-electron chi connectivity index (χ3n) is 5.08. The van der Waals surface area contributed by atoms with E-state index < -0.39 is 12.1 Å². The summed E-state index contributed by atoms with van der Waals surface area (Å²) in [6.07, 6.45) is -0.604. The first kappa shape index (κ1) is 22.4. The molecule has 3 aromatic carbocycles. The van der Waals surface area contributed by atoms with Crippen molar-refractivity contribution in [1.29, 1.82) is 0 Å². The van der Waals surface area contributed by atoms with Crippen molar-refractivity contribution in [3.05, 3.63) is 90.3 Å². The van der Waals surface area contributed by atoms with Crippen molar-refractivity contribution < 1.29 is 23.8 Å². The summed E-state index contributed by atoms with van der Waals surface area (Å²) < 4.78 is 17.6. The predicted octanol–water partition coefficient (Wildman–Crippen LogP) is 4.98. The van der Waals surface area contributed by atoms with E-state index in [1.807, 2.05) is 72.8 Å². The molecule has 2 atom stereocenters. The molecule has 2 unspecified atom stereocenters. The summed E-state index contributed by atoms with van der Waals surface area (Å²) >= 11 is 0. The van der Waals surface area contributed by atoms with Gasteiger partial charge >= 0.3 is 5.97 Å². The SMILES string of the molecule is CC(Oc1cccc(CNCCC(Oc2ccccc2)c2nc3ccccc3o2)c1)C(=O)O. The van der Waals surface area contributed by atoms with Crippen molar-refractivity contribution in [3.8, 4) is 11.5 Å². The zero-order chi connectivity index (χ0) is 23.0. The molecular weight excluding hydrogens is 420 g/mol. The Bertz CT molecular complexity index is 1160. The Labute approximate surface area is 192 Å². The first-order chi connectivity index (χ1) is 16.1. The molecule has 33 heavy (non-hydrogen) atoms. The molecule has 0 aliphatic carbocycles. The second-order valence-electron chi connectivity index (χ2n) is 7.65. The summed E-state index contributed by atoms with van der Waals surface area (Å²) in [5.41, 5.74) is 2.52. The van der Waals surface area contributed by atoms with E-state index in [-0.39, 0.29) is 6.10 Å². The Morgan fingerprint density at radius 3 is 2.55 bits per heavy atom. The molecule has 0 amide bonds. The summed E-state index contributed by atoms with van der Waals surface area (Å²) in [5.74, 6) is 0.824. The topological polar surface area (TPSA) is 93.8 Å². The first-order valence-electron chi connectivity index (χ1n) is 10.8. The average Bonchev–Trinajstić information content (AvgIpc) is 3.26. The molecule has 1 aromatic heterocycles. The number of fused-ring (bicyclic) bond motifs is 1. The van der Waals surface area contributed by atoms with Gasteiger partial charge in [0.2, 0.25) is 5.89 Å². The maximum absolute atomic E-state index is 11.0. The maximum atomic E-state index is 11.0. The summed E-state index contributed by atoms with van der Waals surface area (Å²) in [6, 6.07) is 24.7. The summed E-state index contributed by atoms with van der Waals surface area (Å²) in [4.78, 5) is 15.6. The van der Waals surface area contributed by atoms with Crippen LogP contribution in [0, 0.1) is 0 Å². The van der Waals surface area contributed by atoms with Crippen LogP contribution in [-0.4, -0.2) is 28.7 Å². The average molecular weight is 447 g/mol. The number of carboxylic acids is 1. The number of aliphatic carboxylic acids is 1. The molecule has 0 saturated carbocycles. The van der Waals surface area contributed by atoms with Crippen LogP contribution in [0.2, 0.25) is 0 Å². The fourth-order valence-electron chi connectivity index (χ4n) is 3.37. The smallest absolute Gasteiger partial charge is 0.344 e. The number of carboxylic acid groups (broad SMARTS) is 1. The van der Waals surface area contributed by atoms with Crippen LogP contribution < -0.4 is 14.8 Å². The van der Waals surface area contributed by atoms with Crippen molar-refractivity contribution in [2.45, 2.75) is 32.1 Å². The lowest BCUT2D eigenvalue weighted by atomic mass is 10.2. The van der Waals surface area contributed by atoms with Gasteiger partial charge in [0.1, 0.15) is 17.0 Å². The highest BCUT2D eigenvalue weighted by Crippen LogP contribution is 2.27. The zero-order valence-electron chi connectivity index (χ0n) is 18.3. The van der Waals surface area contributed by atoms with Crippen LogP contribution in [-0.2, 0) is 11.3 Å². The standard InChI is InChI=1S/C26H26N2O5/c1-18(26(29)30)31-21-11-7-8-19(16-21)17-27-15-14-24(32-20-9-3-2-4-10-20)25-28-22-12-5-6-13-23(22)33-25/h2-13,16,18,24,27H,14-15,17H2,1H3,(H,29,30). The van der Waals surface area contributed by atoms with Gasteiger partial charge < -0.3 is 24.3 Å². The summed E-state index contributed by atoms with van der Waals surface area (Å²) in [6.45, 7) is 2.77. The summed E-state index contributed by atoms with van der Waals surface area (Å²) in [7, 11) is 0. The fraction of sp³-hybridized carbons (Fsp3) is 0.231. The molecule has 7 heteroatoms. The van der Waals surface area contributed by atoms with Gasteiger partial charge in [-0.25, -0.2) is 9.78 Å². The van der Waals surface area contributed by atoms with Crippen LogP contribution in [0.3, 0.4) is 0 Å². The number of aromatic nitrogens is 1. The third-order valence-corrected chi connectivity index (χ3v) is 5.08. The van der Waals surface area contributed by atoms with E-state index in [2.05, 4.69) is 10.3 Å². The fourth-order valence-corrected chi connectivity index (χ4v) is 3.37. The van der Waals surface area contributed by atoms with Crippen molar-refractivity contribution in [3.63, 3.8) is 0 Å². The summed E-state index contributed by atoms with van der Waals surface area (Å²) in [5, 5.41) is 12.4. The molecule has 0 aliphatic heterocycles. The van der Waals surface area contributed by atoms with Crippen LogP contribution in [0.4, 0.5) is 0 Å². The minimum atomic E-state index is -0.998. The van der Waals surface area contributed by atoms with Crippen LogP contribution in [0.1, 0.15) is 30.9 Å². The zero-order valence-corrected chi connectivity index (χ0v) is 18.3. The van der Waals surface area contributed by atoms with Gasteiger partial charge in [-0.3, -0.25) is 0 Å². The normalized spacial score (nSPS) is 12.9. The van der Waals surface area contributed by atoms with Gasteiger partial charge in [0.25, 0.3) is 0 Å². The highest BCUT2D eigenvalue weighted by molar-refractivity contribution is 5.72. The van der Waals surface area contributed by atoms with Crippen LogP contribution in [0.5, 0.6) is 11.5 Å². The second-order valence-corrected chi connectivity index (χ2v) is 7.65. The molecule has 7 nitrogen and oxygen atoms in total. The Hall–Kier alpha value is -3.84. The van der Waals surface area contributed by atoms with Crippen LogP contribution in [0.15, 0.2) is 83.3 Å². The molecule has 0 aliphatic rings. The van der Waals surface area contributed by atoms with Crippen LogP contribution in [0.25, 0.3) is 11.1 Å². The number of nitrogens with zero attached hydrogens (tertiary/aromatic N) is 1. The molecular formula is C26H26N2O5. The van der Waals surface area contributed by atoms with E-state index in [4.69, 9.17) is 19.0 Å². The van der Waals surface area contributed by atoms with E-state index in [0.717, 1.165) is 22.4 Å². The highest BCUT2D eigenvalue weighted by Gasteiger charge is 2.20. The van der Waals surface area contributed by atoms with E-state index in [1.165, 1.54) is 6.92 Å². The Balaban J connectivity index is 1.38. The van der Waals surface area contributed by atoms with Gasteiger partial charge in [-0.05, 0) is 55.4 Å². The molecule has 4 rings (SSSR count).